The minimum Gasteiger partial charge on any atom is -0.495 e. The zero-order valence-electron chi connectivity index (χ0n) is 9.19. The van der Waals surface area contributed by atoms with Crippen LogP contribution in [0.5, 0.6) is 5.75 Å². The van der Waals surface area contributed by atoms with E-state index in [0.717, 1.165) is 5.56 Å². The predicted molar refractivity (Wildman–Crippen MR) is 60.4 cm³/mol. The average Bonchev–Trinajstić information content (AvgIpc) is 2.25. The van der Waals surface area contributed by atoms with Crippen molar-refractivity contribution in [3.05, 3.63) is 35.5 Å². The van der Waals surface area contributed by atoms with Gasteiger partial charge in [-0.1, -0.05) is 12.1 Å². The largest absolute Gasteiger partial charge is 0.495 e. The Morgan fingerprint density at radius 1 is 1.40 bits per heavy atom. The topological polar surface area (TPSA) is 36.3 Å². The first kappa shape index (κ1) is 11.1. The highest BCUT2D eigenvalue weighted by molar-refractivity contribution is 5.62. The summed E-state index contributed by atoms with van der Waals surface area (Å²) in [6, 6.07) is 7.60. The second kappa shape index (κ2) is 5.06. The van der Waals surface area contributed by atoms with Crippen LogP contribution in [0.2, 0.25) is 0 Å². The van der Waals surface area contributed by atoms with Crippen LogP contribution in [0.1, 0.15) is 11.1 Å². The molecule has 0 amide bonds. The lowest BCUT2D eigenvalue weighted by Crippen LogP contribution is -2.00. The molecular weight excluding hydrogens is 188 g/mol. The molecule has 1 rings (SSSR count). The molecule has 0 radical (unpaired) electrons. The van der Waals surface area contributed by atoms with Crippen molar-refractivity contribution < 1.29 is 4.74 Å². The van der Waals surface area contributed by atoms with E-state index >= 15 is 0 Å². The third-order valence-corrected chi connectivity index (χ3v) is 1.92. The molecule has 0 unspecified atom stereocenters. The van der Waals surface area contributed by atoms with Gasteiger partial charge in [-0.3, -0.25) is 0 Å². The molecule has 0 heterocycles. The van der Waals surface area contributed by atoms with Crippen LogP contribution in [0.25, 0.3) is 6.08 Å². The van der Waals surface area contributed by atoms with E-state index < -0.39 is 0 Å². The summed E-state index contributed by atoms with van der Waals surface area (Å²) in [7, 11) is 5.46. The van der Waals surface area contributed by atoms with Crippen LogP contribution in [0.15, 0.2) is 24.4 Å². The molecule has 0 aliphatic carbocycles. The fraction of sp³-hybridized carbons (Fsp3) is 0.250. The summed E-state index contributed by atoms with van der Waals surface area (Å²) >= 11 is 0. The van der Waals surface area contributed by atoms with Gasteiger partial charge in [0.1, 0.15) is 11.8 Å². The van der Waals surface area contributed by atoms with Crippen molar-refractivity contribution in [3.63, 3.8) is 0 Å². The van der Waals surface area contributed by atoms with Crippen molar-refractivity contribution in [2.24, 2.45) is 0 Å². The maximum Gasteiger partial charge on any atom is 0.143 e. The first-order valence-corrected chi connectivity index (χ1v) is 4.60. The van der Waals surface area contributed by atoms with Gasteiger partial charge in [-0.05, 0) is 18.3 Å². The van der Waals surface area contributed by atoms with Crippen LogP contribution in [0.3, 0.4) is 0 Å². The third kappa shape index (κ3) is 2.75. The summed E-state index contributed by atoms with van der Waals surface area (Å²) in [6.45, 7) is 0. The Kier molecular flexibility index (Phi) is 3.75. The number of methoxy groups -OCH3 is 1. The van der Waals surface area contributed by atoms with Crippen molar-refractivity contribution >= 4 is 6.08 Å². The number of nitrogens with zero attached hydrogens (tertiary/aromatic N) is 2. The molecule has 0 saturated heterocycles. The lowest BCUT2D eigenvalue weighted by Gasteiger charge is -2.08. The lowest BCUT2D eigenvalue weighted by molar-refractivity contribution is 0.412. The van der Waals surface area contributed by atoms with Crippen molar-refractivity contribution in [3.8, 4) is 11.8 Å². The molecule has 0 aliphatic rings. The average molecular weight is 202 g/mol. The molecule has 1 aromatic carbocycles. The van der Waals surface area contributed by atoms with Gasteiger partial charge in [0.15, 0.2) is 0 Å². The molecular formula is C12H14N2O. The van der Waals surface area contributed by atoms with Crippen molar-refractivity contribution in [2.75, 3.05) is 21.2 Å². The Labute approximate surface area is 90.2 Å². The first-order chi connectivity index (χ1) is 7.19. The lowest BCUT2D eigenvalue weighted by atomic mass is 10.1. The summed E-state index contributed by atoms with van der Waals surface area (Å²) in [6.07, 6.45) is 3.83. The minimum atomic E-state index is 0.554. The fourth-order valence-electron chi connectivity index (χ4n) is 1.23. The number of para-hydroxylation sites is 1. The molecule has 3 nitrogen and oxygen atoms in total. The zero-order chi connectivity index (χ0) is 11.3. The van der Waals surface area contributed by atoms with E-state index in [1.165, 1.54) is 0 Å². The van der Waals surface area contributed by atoms with E-state index in [1.807, 2.05) is 43.4 Å². The Bertz CT molecular complexity index is 403. The maximum atomic E-state index is 8.89. The van der Waals surface area contributed by atoms with Crippen molar-refractivity contribution in [1.29, 1.82) is 5.26 Å². The number of hydrogen-bond donors (Lipinski definition) is 0. The molecule has 0 bridgehead atoms. The zero-order valence-corrected chi connectivity index (χ0v) is 9.19. The molecule has 78 valence electrons. The monoisotopic (exact) mass is 202 g/mol. The maximum absolute atomic E-state index is 8.89. The van der Waals surface area contributed by atoms with Gasteiger partial charge in [0.25, 0.3) is 0 Å². The van der Waals surface area contributed by atoms with Gasteiger partial charge in [-0.2, -0.15) is 5.26 Å². The van der Waals surface area contributed by atoms with E-state index in [4.69, 9.17) is 10.00 Å². The standard InChI is InChI=1S/C12H14N2O/c1-14(2)8-7-10-5-4-6-11(9-13)12(10)15-3/h4-8H,1-3H3. The molecule has 1 aromatic rings. The highest BCUT2D eigenvalue weighted by Gasteiger charge is 2.05. The Hall–Kier alpha value is -1.95. The number of hydrogen-bond acceptors (Lipinski definition) is 3. The summed E-state index contributed by atoms with van der Waals surface area (Å²) in [5.41, 5.74) is 1.46. The second-order valence-electron chi connectivity index (χ2n) is 3.32. The smallest absolute Gasteiger partial charge is 0.143 e. The van der Waals surface area contributed by atoms with Gasteiger partial charge in [-0.15, -0.1) is 0 Å². The number of rotatable bonds is 3. The van der Waals surface area contributed by atoms with Gasteiger partial charge < -0.3 is 9.64 Å². The molecule has 0 atom stereocenters. The van der Waals surface area contributed by atoms with Crippen molar-refractivity contribution in [1.82, 2.24) is 4.90 Å². The summed E-state index contributed by atoms with van der Waals surface area (Å²) in [5.74, 6) is 0.623. The molecule has 0 aromatic heterocycles. The van der Waals surface area contributed by atoms with E-state index in [-0.39, 0.29) is 0 Å². The second-order valence-corrected chi connectivity index (χ2v) is 3.32. The molecule has 0 fully saturated rings. The molecule has 0 N–H and O–H groups in total. The van der Waals surface area contributed by atoms with E-state index in [9.17, 15) is 0 Å². The fourth-order valence-corrected chi connectivity index (χ4v) is 1.23. The SMILES string of the molecule is COc1c(C#N)cccc1C=CN(C)C. The van der Waals surface area contributed by atoms with E-state index in [2.05, 4.69) is 6.07 Å². The van der Waals surface area contributed by atoms with E-state index in [0.29, 0.717) is 11.3 Å². The van der Waals surface area contributed by atoms with Gasteiger partial charge in [-0.25, -0.2) is 0 Å². The Balaban J connectivity index is 3.13. The van der Waals surface area contributed by atoms with Gasteiger partial charge in [0.05, 0.1) is 12.7 Å². The van der Waals surface area contributed by atoms with Gasteiger partial charge in [0, 0.05) is 19.7 Å². The minimum absolute atomic E-state index is 0.554. The van der Waals surface area contributed by atoms with Crippen LogP contribution in [0.4, 0.5) is 0 Å². The third-order valence-electron chi connectivity index (χ3n) is 1.92. The summed E-state index contributed by atoms with van der Waals surface area (Å²) in [5, 5.41) is 8.89. The normalized spacial score (nSPS) is 10.0. The Morgan fingerprint density at radius 2 is 2.13 bits per heavy atom. The quantitative estimate of drug-likeness (QED) is 0.753. The van der Waals surface area contributed by atoms with Crippen LogP contribution < -0.4 is 4.74 Å². The number of nitriles is 1. The van der Waals surface area contributed by atoms with Crippen molar-refractivity contribution in [2.45, 2.75) is 0 Å². The number of benzene rings is 1. The highest BCUT2D eigenvalue weighted by atomic mass is 16.5. The van der Waals surface area contributed by atoms with Crippen LogP contribution in [-0.4, -0.2) is 26.1 Å². The summed E-state index contributed by atoms with van der Waals surface area (Å²) < 4.78 is 5.21. The van der Waals surface area contributed by atoms with Gasteiger partial charge in [0.2, 0.25) is 0 Å². The first-order valence-electron chi connectivity index (χ1n) is 4.60. The highest BCUT2D eigenvalue weighted by Crippen LogP contribution is 2.24. The van der Waals surface area contributed by atoms with Gasteiger partial charge >= 0.3 is 0 Å². The van der Waals surface area contributed by atoms with Crippen LogP contribution in [0, 0.1) is 11.3 Å². The van der Waals surface area contributed by atoms with Crippen LogP contribution >= 0.6 is 0 Å². The molecule has 0 spiro atoms. The number of ether oxygens (including phenoxy) is 1. The van der Waals surface area contributed by atoms with E-state index in [1.54, 1.807) is 13.2 Å². The van der Waals surface area contributed by atoms with Crippen LogP contribution in [-0.2, 0) is 0 Å². The summed E-state index contributed by atoms with van der Waals surface area (Å²) in [4.78, 5) is 1.93. The molecule has 0 aliphatic heterocycles. The molecule has 0 saturated carbocycles. The molecule has 3 heteroatoms. The Morgan fingerprint density at radius 3 is 2.67 bits per heavy atom. The molecule has 15 heavy (non-hydrogen) atoms. The predicted octanol–water partition coefficient (Wildman–Crippen LogP) is 2.10.